The molecular formula is C17H19N3S. The van der Waals surface area contributed by atoms with Crippen LogP contribution in [0.2, 0.25) is 0 Å². The van der Waals surface area contributed by atoms with E-state index in [2.05, 4.69) is 47.6 Å². The van der Waals surface area contributed by atoms with E-state index in [1.54, 1.807) is 4.68 Å². The SMILES string of the molecule is C/C=S(\CCc1nc2ccccc2n1N)c1ccccc1. The number of hydrogen-bond donors (Lipinski definition) is 1. The van der Waals surface area contributed by atoms with Gasteiger partial charge in [-0.1, -0.05) is 35.7 Å². The molecule has 3 nitrogen and oxygen atoms in total. The number of nitrogens with zero attached hydrogens (tertiary/aromatic N) is 2. The van der Waals surface area contributed by atoms with Crippen molar-refractivity contribution in [2.24, 2.45) is 0 Å². The van der Waals surface area contributed by atoms with Crippen LogP contribution in [0.3, 0.4) is 0 Å². The fourth-order valence-corrected chi connectivity index (χ4v) is 4.09. The number of imidazole rings is 1. The van der Waals surface area contributed by atoms with E-state index in [4.69, 9.17) is 5.84 Å². The van der Waals surface area contributed by atoms with Gasteiger partial charge in [0, 0.05) is 11.3 Å². The van der Waals surface area contributed by atoms with Crippen LogP contribution < -0.4 is 5.84 Å². The van der Waals surface area contributed by atoms with Crippen molar-refractivity contribution < 1.29 is 0 Å². The zero-order valence-corrected chi connectivity index (χ0v) is 12.9. The van der Waals surface area contributed by atoms with Crippen LogP contribution in [0.5, 0.6) is 0 Å². The molecule has 1 aromatic heterocycles. The molecular weight excluding hydrogens is 278 g/mol. The normalized spacial score (nSPS) is 12.8. The summed E-state index contributed by atoms with van der Waals surface area (Å²) in [6, 6.07) is 18.6. The van der Waals surface area contributed by atoms with E-state index in [1.807, 2.05) is 24.3 Å². The topological polar surface area (TPSA) is 43.8 Å². The van der Waals surface area contributed by atoms with Crippen molar-refractivity contribution >= 4 is 26.9 Å². The maximum atomic E-state index is 6.15. The van der Waals surface area contributed by atoms with Crippen molar-refractivity contribution in [3.05, 3.63) is 60.4 Å². The van der Waals surface area contributed by atoms with E-state index in [1.165, 1.54) is 4.90 Å². The lowest BCUT2D eigenvalue weighted by Gasteiger charge is -2.09. The molecule has 1 atom stereocenters. The van der Waals surface area contributed by atoms with Gasteiger partial charge in [-0.2, -0.15) is 10.5 Å². The Bertz CT molecular complexity index is 775. The minimum Gasteiger partial charge on any atom is -0.337 e. The van der Waals surface area contributed by atoms with Gasteiger partial charge < -0.3 is 5.84 Å². The van der Waals surface area contributed by atoms with Gasteiger partial charge >= 0.3 is 0 Å². The van der Waals surface area contributed by atoms with Crippen LogP contribution in [0.25, 0.3) is 11.0 Å². The molecule has 2 aromatic carbocycles. The average Bonchev–Trinajstić information content (AvgIpc) is 2.86. The summed E-state index contributed by atoms with van der Waals surface area (Å²) >= 11 is 0. The van der Waals surface area contributed by atoms with E-state index < -0.39 is 0 Å². The average molecular weight is 297 g/mol. The number of aromatic nitrogens is 2. The summed E-state index contributed by atoms with van der Waals surface area (Å²) in [7, 11) is 0.141. The largest absolute Gasteiger partial charge is 0.337 e. The summed E-state index contributed by atoms with van der Waals surface area (Å²) < 4.78 is 1.72. The highest BCUT2D eigenvalue weighted by Gasteiger charge is 2.08. The van der Waals surface area contributed by atoms with Crippen molar-refractivity contribution in [3.8, 4) is 0 Å². The minimum atomic E-state index is 0.141. The summed E-state index contributed by atoms with van der Waals surface area (Å²) in [6.45, 7) is 2.13. The fraction of sp³-hybridized carbons (Fsp3) is 0.176. The Hall–Kier alpha value is -2.07. The molecule has 0 spiro atoms. The van der Waals surface area contributed by atoms with Gasteiger partial charge in [0.15, 0.2) is 0 Å². The maximum Gasteiger partial charge on any atom is 0.129 e. The van der Waals surface area contributed by atoms with Crippen molar-refractivity contribution in [2.75, 3.05) is 11.6 Å². The van der Waals surface area contributed by atoms with Crippen LogP contribution in [0, 0.1) is 0 Å². The van der Waals surface area contributed by atoms with E-state index in [0.29, 0.717) is 0 Å². The summed E-state index contributed by atoms with van der Waals surface area (Å²) in [6.07, 6.45) is 0.882. The van der Waals surface area contributed by atoms with Crippen molar-refractivity contribution in [3.63, 3.8) is 0 Å². The van der Waals surface area contributed by atoms with Crippen molar-refractivity contribution in [1.82, 2.24) is 9.66 Å². The Balaban J connectivity index is 1.81. The second-order valence-corrected chi connectivity index (χ2v) is 7.03. The lowest BCUT2D eigenvalue weighted by molar-refractivity contribution is 0.883. The van der Waals surface area contributed by atoms with Gasteiger partial charge in [-0.15, -0.1) is 0 Å². The summed E-state index contributed by atoms with van der Waals surface area (Å²) in [5, 5.41) is 2.28. The lowest BCUT2D eigenvalue weighted by Crippen LogP contribution is -2.13. The number of benzene rings is 2. The van der Waals surface area contributed by atoms with Gasteiger partial charge in [0.05, 0.1) is 11.0 Å². The number of para-hydroxylation sites is 2. The first-order valence-electron chi connectivity index (χ1n) is 7.05. The zero-order valence-electron chi connectivity index (χ0n) is 12.1. The van der Waals surface area contributed by atoms with Gasteiger partial charge in [0.25, 0.3) is 0 Å². The molecule has 3 aromatic rings. The van der Waals surface area contributed by atoms with Crippen LogP contribution in [-0.2, 0) is 6.42 Å². The third-order valence-electron chi connectivity index (χ3n) is 3.54. The molecule has 0 fully saturated rings. The molecule has 1 unspecified atom stereocenters. The highest BCUT2D eigenvalue weighted by Crippen LogP contribution is 2.26. The van der Waals surface area contributed by atoms with Crippen LogP contribution in [0.15, 0.2) is 59.5 Å². The fourth-order valence-electron chi connectivity index (χ4n) is 2.44. The minimum absolute atomic E-state index is 0.141. The smallest absolute Gasteiger partial charge is 0.129 e. The van der Waals surface area contributed by atoms with E-state index in [9.17, 15) is 0 Å². The first-order valence-corrected chi connectivity index (χ1v) is 8.51. The number of aryl methyl sites for hydroxylation is 1. The van der Waals surface area contributed by atoms with E-state index in [-0.39, 0.29) is 10.5 Å². The van der Waals surface area contributed by atoms with E-state index >= 15 is 0 Å². The third kappa shape index (κ3) is 2.85. The molecule has 0 aliphatic rings. The van der Waals surface area contributed by atoms with Gasteiger partial charge in [0.1, 0.15) is 5.82 Å². The number of hydrogen-bond acceptors (Lipinski definition) is 2. The Morgan fingerprint density at radius 1 is 1.10 bits per heavy atom. The Morgan fingerprint density at radius 2 is 1.81 bits per heavy atom. The second-order valence-electron chi connectivity index (χ2n) is 4.82. The predicted octanol–water partition coefficient (Wildman–Crippen LogP) is 3.44. The van der Waals surface area contributed by atoms with Gasteiger partial charge in [-0.3, -0.25) is 0 Å². The van der Waals surface area contributed by atoms with Crippen LogP contribution in [0.1, 0.15) is 12.7 Å². The standard InChI is InChI=1S/C17H19N3S/c1-2-21(14-8-4-3-5-9-14)13-12-17-19-15-10-6-7-11-16(15)20(17)18/h2-11H,12-13,18H2,1H3. The van der Waals surface area contributed by atoms with Crippen molar-refractivity contribution in [2.45, 2.75) is 18.2 Å². The second kappa shape index (κ2) is 6.14. The molecule has 0 radical (unpaired) electrons. The zero-order chi connectivity index (χ0) is 14.7. The quantitative estimate of drug-likeness (QED) is 0.592. The molecule has 0 amide bonds. The highest BCUT2D eigenvalue weighted by molar-refractivity contribution is 8.15. The van der Waals surface area contributed by atoms with Crippen LogP contribution in [-0.4, -0.2) is 20.8 Å². The molecule has 1 heterocycles. The monoisotopic (exact) mass is 297 g/mol. The first kappa shape index (κ1) is 13.9. The highest BCUT2D eigenvalue weighted by atomic mass is 32.2. The third-order valence-corrected chi connectivity index (χ3v) is 5.64. The molecule has 21 heavy (non-hydrogen) atoms. The lowest BCUT2D eigenvalue weighted by atomic mass is 10.3. The van der Waals surface area contributed by atoms with Crippen LogP contribution >= 0.6 is 10.5 Å². The van der Waals surface area contributed by atoms with Gasteiger partial charge in [-0.05, 0) is 36.9 Å². The number of nitrogens with two attached hydrogens (primary N) is 1. The first-order chi connectivity index (χ1) is 10.3. The summed E-state index contributed by atoms with van der Waals surface area (Å²) in [4.78, 5) is 6.02. The van der Waals surface area contributed by atoms with E-state index in [0.717, 1.165) is 29.0 Å². The van der Waals surface area contributed by atoms with Gasteiger partial charge in [-0.25, -0.2) is 9.66 Å². The Kier molecular flexibility index (Phi) is 4.06. The number of fused-ring (bicyclic) bond motifs is 1. The Morgan fingerprint density at radius 3 is 2.52 bits per heavy atom. The maximum absolute atomic E-state index is 6.15. The molecule has 2 N–H and O–H groups in total. The molecule has 108 valence electrons. The molecule has 0 bridgehead atoms. The predicted molar refractivity (Wildman–Crippen MR) is 92.5 cm³/mol. The molecule has 0 saturated carbocycles. The van der Waals surface area contributed by atoms with Crippen molar-refractivity contribution in [1.29, 1.82) is 0 Å². The molecule has 3 rings (SSSR count). The molecule has 0 aliphatic carbocycles. The summed E-state index contributed by atoms with van der Waals surface area (Å²) in [5.74, 6) is 8.15. The van der Waals surface area contributed by atoms with Crippen LogP contribution in [0.4, 0.5) is 0 Å². The molecule has 0 saturated heterocycles. The van der Waals surface area contributed by atoms with Gasteiger partial charge in [0.2, 0.25) is 0 Å². The number of rotatable bonds is 4. The Labute approximate surface area is 127 Å². The molecule has 0 aliphatic heterocycles. The molecule has 4 heteroatoms. The number of nitrogen functional groups attached to an aromatic ring is 1. The summed E-state index contributed by atoms with van der Waals surface area (Å²) in [5.41, 5.74) is 1.96.